The van der Waals surface area contributed by atoms with E-state index in [4.69, 9.17) is 4.74 Å². The zero-order chi connectivity index (χ0) is 14.1. The third-order valence-corrected chi connectivity index (χ3v) is 7.26. The standard InChI is InChI=1S/C17H28O2/c1-11-6-8-16(4)12(15(11,2)3)7-9-17(5)13(16)10-14(18)19-17/h11-13H,6-10H2,1-5H3/t11?,12?,13-,16+,17-/m1/s1. The number of ether oxygens (including phenoxy) is 1. The van der Waals surface area contributed by atoms with E-state index in [2.05, 4.69) is 34.6 Å². The Balaban J connectivity index is 2.00. The molecule has 2 nitrogen and oxygen atoms in total. The number of hydrogen-bond acceptors (Lipinski definition) is 2. The highest BCUT2D eigenvalue weighted by Gasteiger charge is 2.63. The fraction of sp³-hybridized carbons (Fsp3) is 0.941. The molecule has 2 aliphatic carbocycles. The maximum atomic E-state index is 11.8. The highest BCUT2D eigenvalue weighted by atomic mass is 16.6. The van der Waals surface area contributed by atoms with Crippen molar-refractivity contribution in [2.75, 3.05) is 0 Å². The topological polar surface area (TPSA) is 26.3 Å². The third-order valence-electron chi connectivity index (χ3n) is 7.26. The molecule has 0 aromatic heterocycles. The molecule has 3 rings (SSSR count). The maximum absolute atomic E-state index is 11.8. The van der Waals surface area contributed by atoms with Crippen LogP contribution in [0.25, 0.3) is 0 Å². The van der Waals surface area contributed by atoms with Gasteiger partial charge in [0.15, 0.2) is 0 Å². The molecule has 0 aromatic carbocycles. The van der Waals surface area contributed by atoms with Gasteiger partial charge in [0.05, 0.1) is 6.42 Å². The predicted molar refractivity (Wildman–Crippen MR) is 75.6 cm³/mol. The van der Waals surface area contributed by atoms with Crippen molar-refractivity contribution >= 4 is 5.97 Å². The smallest absolute Gasteiger partial charge is 0.306 e. The minimum atomic E-state index is -0.182. The van der Waals surface area contributed by atoms with E-state index < -0.39 is 0 Å². The molecule has 0 radical (unpaired) electrons. The molecule has 2 heteroatoms. The van der Waals surface area contributed by atoms with Gasteiger partial charge in [-0.25, -0.2) is 0 Å². The summed E-state index contributed by atoms with van der Waals surface area (Å²) in [7, 11) is 0. The van der Waals surface area contributed by atoms with Crippen LogP contribution in [0.5, 0.6) is 0 Å². The predicted octanol–water partition coefficient (Wildman–Crippen LogP) is 4.18. The molecule has 5 atom stereocenters. The second-order valence-electron chi connectivity index (χ2n) is 8.40. The quantitative estimate of drug-likeness (QED) is 0.613. The SMILES string of the molecule is CC1CC[C@@]2(C)C(CC[C@@]3(C)OC(=O)C[C@@H]32)C1(C)C. The van der Waals surface area contributed by atoms with E-state index >= 15 is 0 Å². The summed E-state index contributed by atoms with van der Waals surface area (Å²) >= 11 is 0. The summed E-state index contributed by atoms with van der Waals surface area (Å²) in [5, 5.41) is 0. The Kier molecular flexibility index (Phi) is 2.67. The van der Waals surface area contributed by atoms with E-state index in [1.165, 1.54) is 19.3 Å². The molecular formula is C17H28O2. The van der Waals surface area contributed by atoms with Crippen LogP contribution in [0.15, 0.2) is 0 Å². The number of carbonyl (C=O) groups excluding carboxylic acids is 1. The minimum absolute atomic E-state index is 0.0332. The summed E-state index contributed by atoms with van der Waals surface area (Å²) in [5.41, 5.74) is 0.494. The zero-order valence-electron chi connectivity index (χ0n) is 13.1. The number of fused-ring (bicyclic) bond motifs is 3. The van der Waals surface area contributed by atoms with Gasteiger partial charge in [-0.05, 0) is 55.3 Å². The largest absolute Gasteiger partial charge is 0.459 e. The summed E-state index contributed by atoms with van der Waals surface area (Å²) in [6.45, 7) is 11.9. The Hall–Kier alpha value is -0.530. The molecule has 1 saturated heterocycles. The zero-order valence-corrected chi connectivity index (χ0v) is 13.1. The van der Waals surface area contributed by atoms with Crippen LogP contribution in [0.4, 0.5) is 0 Å². The lowest BCUT2D eigenvalue weighted by molar-refractivity contribution is -0.171. The molecule has 2 unspecified atom stereocenters. The van der Waals surface area contributed by atoms with Crippen LogP contribution in [0.2, 0.25) is 0 Å². The first kappa shape index (κ1) is 13.5. The number of carbonyl (C=O) groups is 1. The van der Waals surface area contributed by atoms with Crippen LogP contribution in [0.3, 0.4) is 0 Å². The van der Waals surface area contributed by atoms with Crippen molar-refractivity contribution in [1.29, 1.82) is 0 Å². The Morgan fingerprint density at radius 1 is 1.05 bits per heavy atom. The van der Waals surface area contributed by atoms with Crippen LogP contribution in [-0.2, 0) is 9.53 Å². The average molecular weight is 264 g/mol. The molecule has 19 heavy (non-hydrogen) atoms. The summed E-state index contributed by atoms with van der Waals surface area (Å²) in [5.74, 6) is 1.98. The summed E-state index contributed by atoms with van der Waals surface area (Å²) in [6.07, 6.45) is 5.47. The van der Waals surface area contributed by atoms with Crippen LogP contribution in [-0.4, -0.2) is 11.6 Å². The van der Waals surface area contributed by atoms with Gasteiger partial charge in [0, 0.05) is 5.92 Å². The Morgan fingerprint density at radius 3 is 2.42 bits per heavy atom. The lowest BCUT2D eigenvalue weighted by Crippen LogP contribution is -2.57. The van der Waals surface area contributed by atoms with Crippen LogP contribution in [0, 0.1) is 28.6 Å². The molecule has 108 valence electrons. The first-order chi connectivity index (χ1) is 8.70. The summed E-state index contributed by atoms with van der Waals surface area (Å²) < 4.78 is 5.72. The van der Waals surface area contributed by atoms with E-state index in [0.29, 0.717) is 17.8 Å². The molecule has 1 aliphatic heterocycles. The second kappa shape index (κ2) is 3.77. The molecule has 0 amide bonds. The van der Waals surface area contributed by atoms with Crippen molar-refractivity contribution in [2.24, 2.45) is 28.6 Å². The van der Waals surface area contributed by atoms with Gasteiger partial charge in [0.1, 0.15) is 5.60 Å². The highest BCUT2D eigenvalue weighted by Crippen LogP contribution is 2.66. The molecular weight excluding hydrogens is 236 g/mol. The first-order valence-electron chi connectivity index (χ1n) is 7.92. The van der Waals surface area contributed by atoms with Gasteiger partial charge in [-0.1, -0.05) is 27.7 Å². The van der Waals surface area contributed by atoms with Crippen molar-refractivity contribution in [2.45, 2.75) is 72.3 Å². The molecule has 2 saturated carbocycles. The van der Waals surface area contributed by atoms with E-state index in [0.717, 1.165) is 18.3 Å². The van der Waals surface area contributed by atoms with Crippen molar-refractivity contribution in [3.05, 3.63) is 0 Å². The lowest BCUT2D eigenvalue weighted by atomic mass is 9.43. The van der Waals surface area contributed by atoms with Gasteiger partial charge in [-0.2, -0.15) is 0 Å². The summed E-state index contributed by atoms with van der Waals surface area (Å²) in [6, 6.07) is 0. The first-order valence-corrected chi connectivity index (χ1v) is 7.92. The molecule has 3 aliphatic rings. The van der Waals surface area contributed by atoms with Gasteiger partial charge in [0.2, 0.25) is 0 Å². The van der Waals surface area contributed by atoms with Crippen LogP contribution < -0.4 is 0 Å². The fourth-order valence-corrected chi connectivity index (χ4v) is 5.73. The van der Waals surface area contributed by atoms with E-state index in [-0.39, 0.29) is 17.0 Å². The van der Waals surface area contributed by atoms with Crippen molar-refractivity contribution in [3.8, 4) is 0 Å². The molecule has 0 spiro atoms. The summed E-state index contributed by atoms with van der Waals surface area (Å²) in [4.78, 5) is 11.8. The Morgan fingerprint density at radius 2 is 1.74 bits per heavy atom. The minimum Gasteiger partial charge on any atom is -0.459 e. The Bertz CT molecular complexity index is 413. The molecule has 1 heterocycles. The average Bonchev–Trinajstić information content (AvgIpc) is 2.61. The number of hydrogen-bond donors (Lipinski definition) is 0. The van der Waals surface area contributed by atoms with Crippen LogP contribution >= 0.6 is 0 Å². The number of esters is 1. The van der Waals surface area contributed by atoms with Gasteiger partial charge in [0.25, 0.3) is 0 Å². The number of rotatable bonds is 0. The fourth-order valence-electron chi connectivity index (χ4n) is 5.73. The molecule has 0 aromatic rings. The van der Waals surface area contributed by atoms with Crippen molar-refractivity contribution < 1.29 is 9.53 Å². The Labute approximate surface area is 117 Å². The molecule has 0 N–H and O–H groups in total. The lowest BCUT2D eigenvalue weighted by Gasteiger charge is -2.61. The monoisotopic (exact) mass is 264 g/mol. The van der Waals surface area contributed by atoms with E-state index in [9.17, 15) is 4.79 Å². The van der Waals surface area contributed by atoms with Gasteiger partial charge in [-0.15, -0.1) is 0 Å². The second-order valence-corrected chi connectivity index (χ2v) is 8.40. The van der Waals surface area contributed by atoms with E-state index in [1.807, 2.05) is 0 Å². The van der Waals surface area contributed by atoms with Crippen molar-refractivity contribution in [3.63, 3.8) is 0 Å². The normalized spacial score (nSPS) is 52.3. The third kappa shape index (κ3) is 1.64. The van der Waals surface area contributed by atoms with E-state index in [1.54, 1.807) is 0 Å². The van der Waals surface area contributed by atoms with Gasteiger partial charge >= 0.3 is 5.97 Å². The maximum Gasteiger partial charge on any atom is 0.306 e. The van der Waals surface area contributed by atoms with Gasteiger partial charge in [-0.3, -0.25) is 4.79 Å². The van der Waals surface area contributed by atoms with Crippen LogP contribution in [0.1, 0.15) is 66.7 Å². The molecule has 0 bridgehead atoms. The van der Waals surface area contributed by atoms with Gasteiger partial charge < -0.3 is 4.74 Å². The highest BCUT2D eigenvalue weighted by molar-refractivity contribution is 5.73. The van der Waals surface area contributed by atoms with Crippen molar-refractivity contribution in [1.82, 2.24) is 0 Å². The molecule has 3 fully saturated rings.